The van der Waals surface area contributed by atoms with E-state index in [0.717, 1.165) is 97.8 Å². The van der Waals surface area contributed by atoms with E-state index in [2.05, 4.69) is 342 Å². The molecule has 0 saturated carbocycles. The molecule has 0 fully saturated rings. The molecule has 4 aliphatic heterocycles. The Hall–Kier alpha value is -10.5. The lowest BCUT2D eigenvalue weighted by Crippen LogP contribution is -2.64. The number of anilines is 15. The van der Waals surface area contributed by atoms with Crippen LogP contribution in [0.3, 0.4) is 0 Å². The van der Waals surface area contributed by atoms with Gasteiger partial charge in [-0.25, -0.2) is 0 Å². The maximum atomic E-state index is 7.42. The van der Waals surface area contributed by atoms with Crippen molar-refractivity contribution in [2.75, 3.05) is 24.5 Å². The third-order valence-electron chi connectivity index (χ3n) is 22.0. The van der Waals surface area contributed by atoms with Gasteiger partial charge in [0.15, 0.2) is 0 Å². The highest BCUT2D eigenvalue weighted by Crippen LogP contribution is 2.56. The van der Waals surface area contributed by atoms with Crippen molar-refractivity contribution in [3.05, 3.63) is 293 Å². The first-order valence-electron chi connectivity index (χ1n) is 34.4. The van der Waals surface area contributed by atoms with Crippen LogP contribution in [0.4, 0.5) is 85.3 Å². The van der Waals surface area contributed by atoms with E-state index in [9.17, 15) is 0 Å². The Bertz CT molecular complexity index is 5380. The van der Waals surface area contributed by atoms with E-state index >= 15 is 0 Å². The summed E-state index contributed by atoms with van der Waals surface area (Å²) in [6, 6.07) is 94.1. The monoisotopic (exact) mass is 1270 g/mol. The van der Waals surface area contributed by atoms with E-state index in [1.165, 1.54) is 98.5 Å². The van der Waals surface area contributed by atoms with Crippen molar-refractivity contribution < 1.29 is 4.74 Å². The summed E-state index contributed by atoms with van der Waals surface area (Å²) in [5, 5.41) is 1.26. The predicted molar refractivity (Wildman–Crippen MR) is 415 cm³/mol. The second-order valence-corrected chi connectivity index (χ2v) is 30.0. The Balaban J connectivity index is 0.974. The number of hydrogen-bond acceptors (Lipinski definition) is 7. The van der Waals surface area contributed by atoms with Gasteiger partial charge in [-0.2, -0.15) is 0 Å². The molecule has 97 heavy (non-hydrogen) atoms. The first-order chi connectivity index (χ1) is 47.1. The smallest absolute Gasteiger partial charge is 0.264 e. The zero-order valence-corrected chi connectivity index (χ0v) is 57.6. The zero-order valence-electron chi connectivity index (χ0n) is 56.8. The van der Waals surface area contributed by atoms with Crippen LogP contribution in [0.2, 0.25) is 0 Å². The van der Waals surface area contributed by atoms with E-state index < -0.39 is 0 Å². The Labute approximate surface area is 575 Å². The normalized spacial score (nSPS) is 14.8. The van der Waals surface area contributed by atoms with Gasteiger partial charge in [-0.3, -0.25) is 0 Å². The molecule has 0 amide bonds. The van der Waals surface area contributed by atoms with Crippen LogP contribution in [0.25, 0.3) is 10.1 Å². The summed E-state index contributed by atoms with van der Waals surface area (Å²) >= 11 is 1.97. The number of thiophene rings is 1. The highest BCUT2D eigenvalue weighted by atomic mass is 32.1. The Morgan fingerprint density at radius 2 is 0.856 bits per heavy atom. The summed E-state index contributed by atoms with van der Waals surface area (Å²) in [5.41, 5.74) is 33.3. The molecule has 0 saturated heterocycles. The van der Waals surface area contributed by atoms with Crippen LogP contribution in [-0.4, -0.2) is 13.4 Å². The number of aryl methyl sites for hydroxylation is 6. The Morgan fingerprint density at radius 3 is 1.45 bits per heavy atom. The quantitative estimate of drug-likeness (QED) is 0.134. The predicted octanol–water partition coefficient (Wildman–Crippen LogP) is 20.5. The molecule has 12 aromatic carbocycles. The molecule has 1 aliphatic carbocycles. The maximum Gasteiger partial charge on any atom is 0.264 e. The Morgan fingerprint density at radius 1 is 0.371 bits per heavy atom. The third-order valence-corrected chi connectivity index (χ3v) is 23.2. The van der Waals surface area contributed by atoms with Gasteiger partial charge in [0.25, 0.3) is 13.4 Å². The molecule has 5 heterocycles. The van der Waals surface area contributed by atoms with Crippen LogP contribution in [-0.2, 0) is 10.8 Å². The number of hydrogen-bond donors (Lipinski definition) is 0. The minimum absolute atomic E-state index is 0.0249. The third kappa shape index (κ3) is 9.00. The minimum Gasteiger partial charge on any atom is -0.458 e. The second kappa shape index (κ2) is 22.0. The molecule has 0 radical (unpaired) electrons. The van der Waals surface area contributed by atoms with E-state index in [-0.39, 0.29) is 24.3 Å². The lowest BCUT2D eigenvalue weighted by Gasteiger charge is -2.47. The molecular weight excluding hydrogens is 1200 g/mol. The van der Waals surface area contributed by atoms with Crippen molar-refractivity contribution >= 4 is 152 Å². The minimum atomic E-state index is -0.185. The van der Waals surface area contributed by atoms with Gasteiger partial charge >= 0.3 is 0 Å². The summed E-state index contributed by atoms with van der Waals surface area (Å²) in [6.45, 7) is 23.0. The van der Waals surface area contributed by atoms with Crippen LogP contribution in [0.5, 0.6) is 11.5 Å². The topological polar surface area (TPSA) is 25.4 Å². The van der Waals surface area contributed by atoms with Crippen molar-refractivity contribution in [1.82, 2.24) is 0 Å². The largest absolute Gasteiger partial charge is 0.458 e. The van der Waals surface area contributed by atoms with Crippen LogP contribution in [0.15, 0.2) is 249 Å². The van der Waals surface area contributed by atoms with E-state index in [0.29, 0.717) is 0 Å². The molecule has 18 rings (SSSR count). The summed E-state index contributed by atoms with van der Waals surface area (Å²) in [5.74, 6) is 1.73. The molecule has 0 spiro atoms. The summed E-state index contributed by atoms with van der Waals surface area (Å²) < 4.78 is 10.0. The fourth-order valence-electron chi connectivity index (χ4n) is 17.3. The fourth-order valence-corrected chi connectivity index (χ4v) is 18.6. The molecule has 0 atom stereocenters. The lowest BCUT2D eigenvalue weighted by molar-refractivity contribution is 0.332. The van der Waals surface area contributed by atoms with Crippen molar-refractivity contribution in [2.45, 2.75) is 92.9 Å². The molecule has 6 nitrogen and oxygen atoms in total. The highest BCUT2D eigenvalue weighted by Gasteiger charge is 2.50. The van der Waals surface area contributed by atoms with Crippen molar-refractivity contribution in [1.29, 1.82) is 0 Å². The van der Waals surface area contributed by atoms with Crippen LogP contribution in [0, 0.1) is 41.5 Å². The highest BCUT2D eigenvalue weighted by molar-refractivity contribution is 7.33. The standard InChI is InChI=1S/C88H75B2N5OS/c1-54-27-17-21-39-71(54)94(83-56(3)29-25-30-57(83)4)63-48-75-81-76(49-63)93(62-43-44-66-67(47-62)88(9,10)46-45-87(66,7)8)85-65-37-19-24-42-80(65)97-86(85)90(81)70-52-69-73(53-74(70)91(75)60-33-13-11-14-34-60)92(61-35-15-12-16-36-61)77-50-64(51-79-82(77)89(69)68-38-20-23-41-78(68)96-79)95(72-40-22-18-28-55(72)2)84-58(5)31-26-32-59(84)6/h11-44,47-53H,45-46H2,1-10H3. The fraction of sp³-hybridized carbons (Fsp3) is 0.159. The SMILES string of the molecule is Cc1ccccc1N(c1cc2c3c(c1)N(c1ccccc1)c1cc4c(cc1B3c1ccccc1O2)B1c2sc3ccccc3c2N(c2ccc3c(c2)C(C)(C)CCC3(C)C)c2cc(N(c3ccccc3C)c3c(C)cccc3C)cc(c21)N4c1ccccc1)c1c(C)cccc1C. The van der Waals surface area contributed by atoms with Gasteiger partial charge in [-0.1, -0.05) is 185 Å². The van der Waals surface area contributed by atoms with Gasteiger partial charge < -0.3 is 29.2 Å². The summed E-state index contributed by atoms with van der Waals surface area (Å²) in [6.07, 6.45) is 2.27. The average molecular weight is 1270 g/mol. The van der Waals surface area contributed by atoms with Crippen LogP contribution in [0.1, 0.15) is 85.0 Å². The van der Waals surface area contributed by atoms with E-state index in [1.54, 1.807) is 0 Å². The van der Waals surface area contributed by atoms with Gasteiger partial charge in [0.1, 0.15) is 11.5 Å². The number of benzene rings is 12. The van der Waals surface area contributed by atoms with Crippen LogP contribution < -0.4 is 61.3 Å². The second-order valence-electron chi connectivity index (χ2n) is 29.0. The van der Waals surface area contributed by atoms with Gasteiger partial charge in [0.2, 0.25) is 0 Å². The van der Waals surface area contributed by atoms with Gasteiger partial charge in [0, 0.05) is 77.8 Å². The molecule has 9 heteroatoms. The lowest BCUT2D eigenvalue weighted by atomic mass is 9.31. The molecule has 0 bridgehead atoms. The number of nitrogens with zero attached hydrogens (tertiary/aromatic N) is 5. The van der Waals surface area contributed by atoms with Gasteiger partial charge in [-0.05, 0) is 222 Å². The van der Waals surface area contributed by atoms with E-state index in [1.807, 2.05) is 11.3 Å². The Kier molecular flexibility index (Phi) is 13.4. The van der Waals surface area contributed by atoms with E-state index in [4.69, 9.17) is 4.74 Å². The molecular formula is C88H75B2N5OS. The van der Waals surface area contributed by atoms with Crippen molar-refractivity contribution in [3.63, 3.8) is 0 Å². The zero-order chi connectivity index (χ0) is 65.9. The van der Waals surface area contributed by atoms with Crippen molar-refractivity contribution in [3.8, 4) is 11.5 Å². The number of para-hydroxylation sites is 7. The van der Waals surface area contributed by atoms with Crippen molar-refractivity contribution in [2.24, 2.45) is 0 Å². The number of fused-ring (bicyclic) bond motifs is 11. The molecule has 0 unspecified atom stereocenters. The van der Waals surface area contributed by atoms with Gasteiger partial charge in [-0.15, -0.1) is 11.3 Å². The number of rotatable bonds is 9. The number of ether oxygens (including phenoxy) is 1. The molecule has 1 aromatic heterocycles. The maximum absolute atomic E-state index is 7.42. The molecule has 5 aliphatic rings. The molecule has 470 valence electrons. The first-order valence-corrected chi connectivity index (χ1v) is 35.2. The average Bonchev–Trinajstić information content (AvgIpc) is 1.37. The summed E-state index contributed by atoms with van der Waals surface area (Å²) in [7, 11) is 0. The van der Waals surface area contributed by atoms with Crippen LogP contribution >= 0.6 is 11.3 Å². The first kappa shape index (κ1) is 59.1. The molecule has 0 N–H and O–H groups in total. The molecule has 13 aromatic rings. The van der Waals surface area contributed by atoms with Gasteiger partial charge in [0.05, 0.1) is 28.4 Å². The summed E-state index contributed by atoms with van der Waals surface area (Å²) in [4.78, 5) is 12.9.